The molecule has 3 aromatic rings. The summed E-state index contributed by atoms with van der Waals surface area (Å²) >= 11 is 0. The molecule has 30 heavy (non-hydrogen) atoms. The van der Waals surface area contributed by atoms with E-state index in [1.54, 1.807) is 7.05 Å². The zero-order valence-electron chi connectivity index (χ0n) is 17.1. The molecular formula is C24H28N4O2. The van der Waals surface area contributed by atoms with Crippen molar-refractivity contribution in [1.29, 1.82) is 0 Å². The molecule has 0 aliphatic heterocycles. The fourth-order valence-electron chi connectivity index (χ4n) is 3.40. The Kier molecular flexibility index (Phi) is 6.93. The van der Waals surface area contributed by atoms with Crippen LogP contribution in [-0.2, 0) is 12.8 Å². The molecule has 0 aliphatic carbocycles. The number of anilines is 3. The van der Waals surface area contributed by atoms with Gasteiger partial charge in [-0.25, -0.2) is 4.79 Å². The van der Waals surface area contributed by atoms with E-state index in [1.165, 1.54) is 4.90 Å². The van der Waals surface area contributed by atoms with Crippen molar-refractivity contribution in [2.24, 2.45) is 0 Å². The van der Waals surface area contributed by atoms with Crippen LogP contribution in [0.15, 0.2) is 66.7 Å². The number of amides is 2. The summed E-state index contributed by atoms with van der Waals surface area (Å²) in [6.07, 6.45) is 1.46. The molecule has 156 valence electrons. The Morgan fingerprint density at radius 2 is 1.47 bits per heavy atom. The summed E-state index contributed by atoms with van der Waals surface area (Å²) < 4.78 is 0. The lowest BCUT2D eigenvalue weighted by Gasteiger charge is -2.17. The number of likely N-dealkylation sites (N-methyl/N-ethyl adjacent to an activating group) is 1. The third-order valence-corrected chi connectivity index (χ3v) is 4.80. The Labute approximate surface area is 177 Å². The van der Waals surface area contributed by atoms with Gasteiger partial charge in [-0.15, -0.1) is 0 Å². The number of rotatable bonds is 7. The molecule has 0 bridgehead atoms. The quantitative estimate of drug-likeness (QED) is 0.453. The first-order valence-electron chi connectivity index (χ1n) is 9.87. The molecule has 0 saturated carbocycles. The van der Waals surface area contributed by atoms with Crippen LogP contribution in [0, 0.1) is 0 Å². The maximum Gasteiger partial charge on any atom is 0.321 e. The van der Waals surface area contributed by atoms with Crippen LogP contribution in [-0.4, -0.2) is 36.2 Å². The van der Waals surface area contributed by atoms with Crippen molar-refractivity contribution in [3.63, 3.8) is 0 Å². The molecule has 0 radical (unpaired) electrons. The number of nitrogens with one attached hydrogen (secondary N) is 1. The van der Waals surface area contributed by atoms with E-state index in [0.717, 1.165) is 40.0 Å². The maximum absolute atomic E-state index is 12.1. The highest BCUT2D eigenvalue weighted by atomic mass is 16.3. The summed E-state index contributed by atoms with van der Waals surface area (Å²) in [5.74, 6) is 0. The Morgan fingerprint density at radius 3 is 2.10 bits per heavy atom. The third-order valence-electron chi connectivity index (χ3n) is 4.80. The molecule has 3 aromatic carbocycles. The summed E-state index contributed by atoms with van der Waals surface area (Å²) in [4.78, 5) is 13.6. The van der Waals surface area contributed by atoms with Crippen molar-refractivity contribution in [3.8, 4) is 0 Å². The van der Waals surface area contributed by atoms with E-state index in [4.69, 9.17) is 16.6 Å². The van der Waals surface area contributed by atoms with Gasteiger partial charge in [-0.1, -0.05) is 30.3 Å². The molecule has 0 spiro atoms. The lowest BCUT2D eigenvalue weighted by atomic mass is 9.98. The van der Waals surface area contributed by atoms with Crippen LogP contribution in [0.4, 0.5) is 21.9 Å². The first-order chi connectivity index (χ1) is 14.4. The second-order valence-electron chi connectivity index (χ2n) is 7.46. The molecule has 2 amide bonds. The summed E-state index contributed by atoms with van der Waals surface area (Å²) in [6.45, 7) is 0.210. The van der Waals surface area contributed by atoms with Crippen LogP contribution in [0.25, 0.3) is 0 Å². The van der Waals surface area contributed by atoms with E-state index in [1.807, 2.05) is 54.6 Å². The standard InChI is InChI=1S/C24H28N4O2/c1-28(8-9-29)24(30)27-23-7-3-5-18(16-23)11-20-12-19(14-22(26)15-20)10-17-4-2-6-21(25)13-17/h2-7,12-16,29H,8-11,25-26H2,1H3,(H,27,30). The molecular weight excluding hydrogens is 376 g/mol. The molecule has 0 aliphatic rings. The fraction of sp³-hybridized carbons (Fsp3) is 0.208. The zero-order valence-corrected chi connectivity index (χ0v) is 17.1. The Morgan fingerprint density at radius 1 is 0.867 bits per heavy atom. The van der Waals surface area contributed by atoms with Crippen LogP contribution >= 0.6 is 0 Å². The van der Waals surface area contributed by atoms with E-state index in [9.17, 15) is 4.79 Å². The second-order valence-corrected chi connectivity index (χ2v) is 7.46. The van der Waals surface area contributed by atoms with Crippen LogP contribution in [0.5, 0.6) is 0 Å². The normalized spacial score (nSPS) is 10.6. The van der Waals surface area contributed by atoms with Crippen molar-refractivity contribution in [2.45, 2.75) is 12.8 Å². The number of nitrogens with zero attached hydrogens (tertiary/aromatic N) is 1. The number of aliphatic hydroxyl groups excluding tert-OH is 1. The minimum Gasteiger partial charge on any atom is -0.399 e. The lowest BCUT2D eigenvalue weighted by Crippen LogP contribution is -2.33. The number of nitrogens with two attached hydrogens (primary N) is 2. The largest absolute Gasteiger partial charge is 0.399 e. The lowest BCUT2D eigenvalue weighted by molar-refractivity contribution is 0.202. The smallest absolute Gasteiger partial charge is 0.321 e. The van der Waals surface area contributed by atoms with Crippen molar-refractivity contribution >= 4 is 23.1 Å². The SMILES string of the molecule is CN(CCO)C(=O)Nc1cccc(Cc2cc(N)cc(Cc3cccc(N)c3)c2)c1. The van der Waals surface area contributed by atoms with Gasteiger partial charge in [0.15, 0.2) is 0 Å². The third kappa shape index (κ3) is 5.99. The van der Waals surface area contributed by atoms with Gasteiger partial charge in [-0.3, -0.25) is 0 Å². The van der Waals surface area contributed by atoms with Crippen LogP contribution < -0.4 is 16.8 Å². The number of urea groups is 1. The number of benzene rings is 3. The average Bonchev–Trinajstić information content (AvgIpc) is 2.68. The monoisotopic (exact) mass is 404 g/mol. The highest BCUT2D eigenvalue weighted by Crippen LogP contribution is 2.21. The van der Waals surface area contributed by atoms with Crippen molar-refractivity contribution in [1.82, 2.24) is 4.90 Å². The minimum atomic E-state index is -0.255. The van der Waals surface area contributed by atoms with E-state index >= 15 is 0 Å². The van der Waals surface area contributed by atoms with Crippen molar-refractivity contribution in [2.75, 3.05) is 37.0 Å². The fourth-order valence-corrected chi connectivity index (χ4v) is 3.40. The first kappa shape index (κ1) is 21.2. The average molecular weight is 405 g/mol. The summed E-state index contributed by atoms with van der Waals surface area (Å²) in [7, 11) is 1.64. The molecule has 3 rings (SSSR count). The minimum absolute atomic E-state index is 0.0721. The summed E-state index contributed by atoms with van der Waals surface area (Å²) in [5, 5.41) is 11.8. The molecule has 0 fully saturated rings. The van der Waals surface area contributed by atoms with Crippen LogP contribution in [0.2, 0.25) is 0 Å². The number of nitrogen functional groups attached to an aromatic ring is 2. The van der Waals surface area contributed by atoms with E-state index < -0.39 is 0 Å². The molecule has 0 unspecified atom stereocenters. The number of aliphatic hydroxyl groups is 1. The van der Waals surface area contributed by atoms with E-state index in [-0.39, 0.29) is 19.2 Å². The first-order valence-corrected chi connectivity index (χ1v) is 9.87. The predicted molar refractivity (Wildman–Crippen MR) is 122 cm³/mol. The van der Waals surface area contributed by atoms with Gasteiger partial charge in [0.1, 0.15) is 0 Å². The molecule has 0 saturated heterocycles. The van der Waals surface area contributed by atoms with Crippen LogP contribution in [0.3, 0.4) is 0 Å². The van der Waals surface area contributed by atoms with Gasteiger partial charge in [0.05, 0.1) is 6.61 Å². The van der Waals surface area contributed by atoms with Crippen molar-refractivity contribution in [3.05, 3.63) is 89.0 Å². The Balaban J connectivity index is 1.73. The predicted octanol–water partition coefficient (Wildman–Crippen LogP) is 3.49. The summed E-state index contributed by atoms with van der Waals surface area (Å²) in [5.41, 5.74) is 18.7. The Hall–Kier alpha value is -3.51. The molecule has 6 N–H and O–H groups in total. The van der Waals surface area contributed by atoms with E-state index in [2.05, 4.69) is 17.4 Å². The van der Waals surface area contributed by atoms with Gasteiger partial charge in [0.25, 0.3) is 0 Å². The highest BCUT2D eigenvalue weighted by molar-refractivity contribution is 5.89. The van der Waals surface area contributed by atoms with Crippen LogP contribution in [0.1, 0.15) is 22.3 Å². The number of hydrogen-bond acceptors (Lipinski definition) is 4. The Bertz CT molecular complexity index is 1020. The molecule has 0 heterocycles. The van der Waals surface area contributed by atoms with Gasteiger partial charge in [-0.2, -0.15) is 0 Å². The molecule has 6 heteroatoms. The topological polar surface area (TPSA) is 105 Å². The van der Waals surface area contributed by atoms with Gasteiger partial charge in [0, 0.05) is 30.7 Å². The molecule has 6 nitrogen and oxygen atoms in total. The highest BCUT2D eigenvalue weighted by Gasteiger charge is 2.09. The maximum atomic E-state index is 12.1. The van der Waals surface area contributed by atoms with E-state index in [0.29, 0.717) is 12.1 Å². The van der Waals surface area contributed by atoms with Gasteiger partial charge in [-0.05, 0) is 71.5 Å². The summed E-state index contributed by atoms with van der Waals surface area (Å²) in [6, 6.07) is 21.5. The molecule has 0 aromatic heterocycles. The zero-order chi connectivity index (χ0) is 21.5. The van der Waals surface area contributed by atoms with Gasteiger partial charge in [0.2, 0.25) is 0 Å². The molecule has 0 atom stereocenters. The number of hydrogen-bond donors (Lipinski definition) is 4. The number of carbonyl (C=O) groups is 1. The van der Waals surface area contributed by atoms with Crippen molar-refractivity contribution < 1.29 is 9.90 Å². The number of carbonyl (C=O) groups excluding carboxylic acids is 1. The second kappa shape index (κ2) is 9.80. The van der Waals surface area contributed by atoms with Gasteiger partial charge >= 0.3 is 6.03 Å². The van der Waals surface area contributed by atoms with Gasteiger partial charge < -0.3 is 26.8 Å².